The summed E-state index contributed by atoms with van der Waals surface area (Å²) in [6, 6.07) is 0.974. The van der Waals surface area contributed by atoms with Gasteiger partial charge in [-0.3, -0.25) is 19.3 Å². The number of carbonyl (C=O) groups excluding carboxylic acids is 3. The predicted molar refractivity (Wildman–Crippen MR) is 101 cm³/mol. The van der Waals surface area contributed by atoms with E-state index in [1.54, 1.807) is 21.6 Å². The molecule has 2 atom stereocenters. The number of aliphatic carboxylic acids is 1. The largest absolute Gasteiger partial charge is 0.477 e. The summed E-state index contributed by atoms with van der Waals surface area (Å²) in [5.41, 5.74) is 6.26. The summed E-state index contributed by atoms with van der Waals surface area (Å²) >= 11 is 1.42. The fraction of sp³-hybridized carbons (Fsp3) is 0.471. The summed E-state index contributed by atoms with van der Waals surface area (Å²) < 4.78 is 8.37. The number of nitrogens with zero attached hydrogens (tertiary/aromatic N) is 3. The second-order valence-electron chi connectivity index (χ2n) is 6.64. The summed E-state index contributed by atoms with van der Waals surface area (Å²) in [5, 5.41) is 12.0. The van der Waals surface area contributed by atoms with E-state index in [9.17, 15) is 24.3 Å². The van der Waals surface area contributed by atoms with Crippen LogP contribution in [0.25, 0.3) is 0 Å². The smallest absolute Gasteiger partial charge is 0.352 e. The molecule has 4 N–H and O–H groups in total. The Balaban J connectivity index is 1.90. The number of hydrogen-bond acceptors (Lipinski definition) is 7. The van der Waals surface area contributed by atoms with Crippen molar-refractivity contribution in [1.82, 2.24) is 9.58 Å². The lowest BCUT2D eigenvalue weighted by molar-refractivity contribution is -0.767. The van der Waals surface area contributed by atoms with Gasteiger partial charge in [0.1, 0.15) is 30.3 Å². The van der Waals surface area contributed by atoms with Crippen molar-refractivity contribution in [2.45, 2.75) is 38.4 Å². The molecule has 12 heteroatoms. The molecule has 0 unspecified atom stereocenters. The Morgan fingerprint density at radius 2 is 2.14 bits per heavy atom. The van der Waals surface area contributed by atoms with E-state index in [0.717, 1.165) is 0 Å². The van der Waals surface area contributed by atoms with Gasteiger partial charge in [-0.1, -0.05) is 0 Å². The van der Waals surface area contributed by atoms with E-state index in [0.29, 0.717) is 17.1 Å². The van der Waals surface area contributed by atoms with E-state index >= 15 is 0 Å². The van der Waals surface area contributed by atoms with Crippen LogP contribution in [0.15, 0.2) is 23.5 Å². The molecule has 1 aromatic rings. The van der Waals surface area contributed by atoms with Crippen LogP contribution in [0.3, 0.4) is 0 Å². The number of β-lactam (4-membered cyclic amide) rings is 1. The Hall–Kier alpha value is -2.86. The third-order valence-corrected chi connectivity index (χ3v) is 5.91. The number of carboxylic acid groups (broad SMARTS) is 1. The zero-order chi connectivity index (χ0) is 21.3. The van der Waals surface area contributed by atoms with Gasteiger partial charge in [0.25, 0.3) is 0 Å². The fourth-order valence-corrected chi connectivity index (χ4v) is 4.59. The standard InChI is InChI=1S/C17H21N5O6S/c1-9(23)19-12-3-4-20(21(12)5-6-28-10(2)24)7-11-8-29-16-13(18)15(25)22(16)14(11)17(26)27/h3-4,13,16H,5-8,18H2,1-2H3,(H,26,27)/p+1/t13-,16-/m1/s1. The number of esters is 1. The number of rotatable bonds is 7. The number of hydrogen-bond donors (Lipinski definition) is 3. The van der Waals surface area contributed by atoms with Crippen molar-refractivity contribution in [3.8, 4) is 0 Å². The van der Waals surface area contributed by atoms with Crippen LogP contribution >= 0.6 is 11.8 Å². The van der Waals surface area contributed by atoms with Crippen LogP contribution in [-0.4, -0.2) is 62.2 Å². The summed E-state index contributed by atoms with van der Waals surface area (Å²) in [7, 11) is 0. The Labute approximate surface area is 170 Å². The summed E-state index contributed by atoms with van der Waals surface area (Å²) in [6.45, 7) is 3.18. The first-order valence-electron chi connectivity index (χ1n) is 8.86. The number of anilines is 1. The van der Waals surface area contributed by atoms with Gasteiger partial charge in [-0.05, 0) is 0 Å². The Bertz CT molecular complexity index is 910. The first-order chi connectivity index (χ1) is 13.7. The van der Waals surface area contributed by atoms with Crippen molar-refractivity contribution >= 4 is 41.3 Å². The van der Waals surface area contributed by atoms with Gasteiger partial charge < -0.3 is 20.9 Å². The quantitative estimate of drug-likeness (QED) is 0.283. The summed E-state index contributed by atoms with van der Waals surface area (Å²) in [4.78, 5) is 47.7. The molecule has 156 valence electrons. The first kappa shape index (κ1) is 20.9. The van der Waals surface area contributed by atoms with E-state index in [-0.39, 0.29) is 36.7 Å². The first-order valence-corrected chi connectivity index (χ1v) is 9.91. The molecule has 2 amide bonds. The second-order valence-corrected chi connectivity index (χ2v) is 7.74. The number of nitrogens with two attached hydrogens (primary N) is 1. The number of ether oxygens (including phenoxy) is 1. The minimum absolute atomic E-state index is 0.0539. The van der Waals surface area contributed by atoms with Crippen LogP contribution in [0.2, 0.25) is 0 Å². The maximum absolute atomic E-state index is 12.1. The molecule has 0 saturated carbocycles. The van der Waals surface area contributed by atoms with Crippen LogP contribution in [0.4, 0.5) is 5.82 Å². The normalized spacial score (nSPS) is 20.8. The van der Waals surface area contributed by atoms with Crippen molar-refractivity contribution in [1.29, 1.82) is 0 Å². The number of fused-ring (bicyclic) bond motifs is 1. The van der Waals surface area contributed by atoms with Crippen LogP contribution in [-0.2, 0) is 37.0 Å². The number of aromatic nitrogens is 2. The van der Waals surface area contributed by atoms with Crippen LogP contribution in [0.1, 0.15) is 13.8 Å². The molecule has 0 radical (unpaired) electrons. The number of thioether (sulfide) groups is 1. The zero-order valence-corrected chi connectivity index (χ0v) is 16.8. The molecule has 0 spiro atoms. The third kappa shape index (κ3) is 4.12. The molecule has 11 nitrogen and oxygen atoms in total. The number of carbonyl (C=O) groups is 4. The molecule has 1 saturated heterocycles. The Morgan fingerprint density at radius 1 is 1.41 bits per heavy atom. The minimum Gasteiger partial charge on any atom is -0.477 e. The number of amides is 2. The van der Waals surface area contributed by atoms with Crippen LogP contribution in [0, 0.1) is 0 Å². The monoisotopic (exact) mass is 424 g/mol. The Morgan fingerprint density at radius 3 is 2.76 bits per heavy atom. The highest BCUT2D eigenvalue weighted by Crippen LogP contribution is 2.39. The van der Waals surface area contributed by atoms with E-state index < -0.39 is 23.9 Å². The Kier molecular flexibility index (Phi) is 5.94. The molecule has 29 heavy (non-hydrogen) atoms. The lowest BCUT2D eigenvalue weighted by atomic mass is 10.0. The van der Waals surface area contributed by atoms with Crippen molar-refractivity contribution in [3.05, 3.63) is 23.5 Å². The van der Waals surface area contributed by atoms with Gasteiger partial charge in [-0.15, -0.1) is 21.1 Å². The van der Waals surface area contributed by atoms with Crippen LogP contribution < -0.4 is 15.7 Å². The number of carboxylic acids is 1. The van der Waals surface area contributed by atoms with Gasteiger partial charge in [0.05, 0.1) is 6.07 Å². The van der Waals surface area contributed by atoms with Gasteiger partial charge in [-0.2, -0.15) is 0 Å². The SMILES string of the molecule is CC(=O)Nc1cc[n+](CC2=C(C(=O)O)N3C(=O)[C@@H](N)[C@H]3SC2)n1CCOC(C)=O. The van der Waals surface area contributed by atoms with Gasteiger partial charge in [0, 0.05) is 25.2 Å². The molecule has 1 fully saturated rings. The highest BCUT2D eigenvalue weighted by Gasteiger charge is 2.52. The van der Waals surface area contributed by atoms with Gasteiger partial charge >= 0.3 is 11.9 Å². The number of nitrogens with one attached hydrogen (secondary N) is 1. The van der Waals surface area contributed by atoms with E-state index in [1.807, 2.05) is 0 Å². The van der Waals surface area contributed by atoms with Gasteiger partial charge in [0.15, 0.2) is 18.6 Å². The van der Waals surface area contributed by atoms with Gasteiger partial charge in [-0.25, -0.2) is 4.79 Å². The van der Waals surface area contributed by atoms with E-state index in [4.69, 9.17) is 10.5 Å². The maximum Gasteiger partial charge on any atom is 0.352 e. The average molecular weight is 424 g/mol. The molecule has 0 bridgehead atoms. The topological polar surface area (TPSA) is 148 Å². The molecular formula is C17H22N5O6S+. The lowest BCUT2D eigenvalue weighted by Gasteiger charge is -2.47. The zero-order valence-electron chi connectivity index (χ0n) is 16.0. The van der Waals surface area contributed by atoms with Crippen molar-refractivity contribution in [3.63, 3.8) is 0 Å². The summed E-state index contributed by atoms with van der Waals surface area (Å²) in [5.74, 6) is -1.42. The molecule has 3 rings (SSSR count). The van der Waals surface area contributed by atoms with Crippen molar-refractivity contribution < 1.29 is 33.7 Å². The van der Waals surface area contributed by atoms with Crippen molar-refractivity contribution in [2.24, 2.45) is 5.73 Å². The summed E-state index contributed by atoms with van der Waals surface area (Å²) in [6.07, 6.45) is 1.69. The van der Waals surface area contributed by atoms with E-state index in [1.165, 1.54) is 30.5 Å². The van der Waals surface area contributed by atoms with E-state index in [2.05, 4.69) is 5.32 Å². The highest BCUT2D eigenvalue weighted by atomic mass is 32.2. The molecule has 0 aliphatic carbocycles. The fourth-order valence-electron chi connectivity index (χ4n) is 3.31. The molecule has 1 aromatic heterocycles. The van der Waals surface area contributed by atoms with Crippen LogP contribution in [0.5, 0.6) is 0 Å². The van der Waals surface area contributed by atoms with Gasteiger partial charge in [0.2, 0.25) is 11.8 Å². The molecule has 0 aromatic carbocycles. The predicted octanol–water partition coefficient (Wildman–Crippen LogP) is -1.12. The van der Waals surface area contributed by atoms with Crippen molar-refractivity contribution in [2.75, 3.05) is 17.7 Å². The third-order valence-electron chi connectivity index (χ3n) is 4.55. The molecule has 2 aliphatic rings. The molecular weight excluding hydrogens is 402 g/mol. The highest BCUT2D eigenvalue weighted by molar-refractivity contribution is 8.00. The molecule has 3 heterocycles. The molecule has 2 aliphatic heterocycles. The average Bonchev–Trinajstić information content (AvgIpc) is 3.01. The minimum atomic E-state index is -1.19. The maximum atomic E-state index is 12.1. The lowest BCUT2D eigenvalue weighted by Crippen LogP contribution is -2.68. The second kappa shape index (κ2) is 8.25.